The lowest BCUT2D eigenvalue weighted by molar-refractivity contribution is -0.119. The second-order valence-electron chi connectivity index (χ2n) is 6.14. The van der Waals surface area contributed by atoms with E-state index >= 15 is 0 Å². The van der Waals surface area contributed by atoms with Crippen molar-refractivity contribution in [3.05, 3.63) is 24.0 Å². The van der Waals surface area contributed by atoms with Crippen molar-refractivity contribution in [2.45, 2.75) is 12.5 Å². The van der Waals surface area contributed by atoms with Crippen LogP contribution in [0.15, 0.2) is 18.5 Å². The molecule has 1 atom stereocenters. The molecule has 3 rings (SSSR count). The smallest absolute Gasteiger partial charge is 0.255 e. The Morgan fingerprint density at radius 2 is 2.00 bits per heavy atom. The van der Waals surface area contributed by atoms with E-state index in [-0.39, 0.29) is 23.5 Å². The van der Waals surface area contributed by atoms with Crippen molar-refractivity contribution in [2.24, 2.45) is 0 Å². The molecule has 24 heavy (non-hydrogen) atoms. The van der Waals surface area contributed by atoms with Gasteiger partial charge in [0.25, 0.3) is 5.91 Å². The first-order valence-corrected chi connectivity index (χ1v) is 9.69. The Morgan fingerprint density at radius 3 is 2.62 bits per heavy atom. The molecule has 1 N–H and O–H groups in total. The highest BCUT2D eigenvalue weighted by Crippen LogP contribution is 2.18. The summed E-state index contributed by atoms with van der Waals surface area (Å²) >= 11 is 0. The van der Waals surface area contributed by atoms with E-state index in [0.717, 1.165) is 6.41 Å². The van der Waals surface area contributed by atoms with Gasteiger partial charge in [-0.2, -0.15) is 0 Å². The van der Waals surface area contributed by atoms with Gasteiger partial charge in [0.15, 0.2) is 9.84 Å². The van der Waals surface area contributed by atoms with E-state index in [1.165, 1.54) is 6.20 Å². The largest absolute Gasteiger partial charge is 0.380 e. The Labute approximate surface area is 140 Å². The van der Waals surface area contributed by atoms with Crippen LogP contribution in [-0.2, 0) is 14.6 Å². The van der Waals surface area contributed by atoms with E-state index in [4.69, 9.17) is 0 Å². The second-order valence-corrected chi connectivity index (χ2v) is 8.37. The third-order valence-corrected chi connectivity index (χ3v) is 6.11. The molecule has 0 radical (unpaired) electrons. The molecule has 0 aliphatic carbocycles. The van der Waals surface area contributed by atoms with Crippen LogP contribution in [0.2, 0.25) is 0 Å². The zero-order chi connectivity index (χ0) is 17.2. The molecule has 2 aliphatic rings. The summed E-state index contributed by atoms with van der Waals surface area (Å²) in [6, 6.07) is 1.56. The first-order valence-electron chi connectivity index (χ1n) is 7.87. The van der Waals surface area contributed by atoms with Crippen molar-refractivity contribution in [1.82, 2.24) is 14.8 Å². The lowest BCUT2D eigenvalue weighted by Crippen LogP contribution is -2.48. The van der Waals surface area contributed by atoms with Crippen LogP contribution in [0.5, 0.6) is 0 Å². The number of rotatable bonds is 4. The number of piperazine rings is 1. The van der Waals surface area contributed by atoms with Gasteiger partial charge in [0.1, 0.15) is 0 Å². The molecule has 0 bridgehead atoms. The molecule has 1 unspecified atom stereocenters. The second kappa shape index (κ2) is 6.76. The standard InChI is InChI=1S/C15H20N4O4S/c20-11-18-2-4-19(5-3-18)15(21)12-7-14(9-16-8-12)17-13-1-6-24(22,23)10-13/h7-9,11,13,17H,1-6,10H2. The van der Waals surface area contributed by atoms with E-state index in [9.17, 15) is 18.0 Å². The van der Waals surface area contributed by atoms with Crippen LogP contribution < -0.4 is 5.32 Å². The fourth-order valence-electron chi connectivity index (χ4n) is 2.99. The summed E-state index contributed by atoms with van der Waals surface area (Å²) in [6.45, 7) is 2.05. The highest BCUT2D eigenvalue weighted by Gasteiger charge is 2.28. The Balaban J connectivity index is 1.64. The molecule has 0 spiro atoms. The zero-order valence-corrected chi connectivity index (χ0v) is 14.0. The van der Waals surface area contributed by atoms with Gasteiger partial charge in [0.05, 0.1) is 22.8 Å². The van der Waals surface area contributed by atoms with E-state index in [1.54, 1.807) is 22.1 Å². The fraction of sp³-hybridized carbons (Fsp3) is 0.533. The summed E-state index contributed by atoms with van der Waals surface area (Å²) in [5.74, 6) is 0.173. The molecule has 2 fully saturated rings. The molecule has 9 heteroatoms. The number of carbonyl (C=O) groups is 2. The van der Waals surface area contributed by atoms with Crippen molar-refractivity contribution < 1.29 is 18.0 Å². The van der Waals surface area contributed by atoms with Crippen LogP contribution in [0.3, 0.4) is 0 Å². The number of aromatic nitrogens is 1. The van der Waals surface area contributed by atoms with Gasteiger partial charge in [-0.1, -0.05) is 0 Å². The number of sulfone groups is 1. The van der Waals surface area contributed by atoms with Gasteiger partial charge in [0, 0.05) is 44.6 Å². The third-order valence-electron chi connectivity index (χ3n) is 4.34. The topological polar surface area (TPSA) is 99.7 Å². The fourth-order valence-corrected chi connectivity index (χ4v) is 4.67. The van der Waals surface area contributed by atoms with Gasteiger partial charge >= 0.3 is 0 Å². The van der Waals surface area contributed by atoms with Crippen LogP contribution >= 0.6 is 0 Å². The first kappa shape index (κ1) is 16.7. The van der Waals surface area contributed by atoms with Gasteiger partial charge < -0.3 is 15.1 Å². The quantitative estimate of drug-likeness (QED) is 0.740. The zero-order valence-electron chi connectivity index (χ0n) is 13.2. The molecule has 2 aliphatic heterocycles. The maximum Gasteiger partial charge on any atom is 0.255 e. The SMILES string of the molecule is O=CN1CCN(C(=O)c2cncc(NC3CCS(=O)(=O)C3)c2)CC1. The maximum atomic E-state index is 12.5. The van der Waals surface area contributed by atoms with Crippen molar-refractivity contribution >= 4 is 27.8 Å². The highest BCUT2D eigenvalue weighted by molar-refractivity contribution is 7.91. The van der Waals surface area contributed by atoms with Crippen molar-refractivity contribution in [3.63, 3.8) is 0 Å². The number of hydrogen-bond donors (Lipinski definition) is 1. The summed E-state index contributed by atoms with van der Waals surface area (Å²) < 4.78 is 23.0. The summed E-state index contributed by atoms with van der Waals surface area (Å²) in [4.78, 5) is 30.7. The number of anilines is 1. The molecule has 0 aromatic carbocycles. The monoisotopic (exact) mass is 352 g/mol. The molecule has 2 amide bonds. The van der Waals surface area contributed by atoms with Crippen molar-refractivity contribution in [3.8, 4) is 0 Å². The van der Waals surface area contributed by atoms with Gasteiger partial charge in [-0.3, -0.25) is 14.6 Å². The highest BCUT2D eigenvalue weighted by atomic mass is 32.2. The number of pyridine rings is 1. The lowest BCUT2D eigenvalue weighted by atomic mass is 10.2. The van der Waals surface area contributed by atoms with E-state index in [0.29, 0.717) is 43.9 Å². The van der Waals surface area contributed by atoms with E-state index in [1.807, 2.05) is 0 Å². The van der Waals surface area contributed by atoms with E-state index < -0.39 is 9.84 Å². The van der Waals surface area contributed by atoms with Crippen LogP contribution in [0.25, 0.3) is 0 Å². The number of carbonyl (C=O) groups excluding carboxylic acids is 2. The van der Waals surface area contributed by atoms with Crippen LogP contribution in [-0.4, -0.2) is 79.2 Å². The minimum absolute atomic E-state index is 0.110. The molecule has 8 nitrogen and oxygen atoms in total. The predicted octanol–water partition coefficient (Wildman–Crippen LogP) is -0.405. The minimum atomic E-state index is -2.96. The number of amides is 2. The van der Waals surface area contributed by atoms with Crippen LogP contribution in [0.1, 0.15) is 16.8 Å². The van der Waals surface area contributed by atoms with Crippen molar-refractivity contribution in [2.75, 3.05) is 43.0 Å². The summed E-state index contributed by atoms with van der Waals surface area (Å²) in [6.07, 6.45) is 4.45. The molecule has 1 aromatic rings. The average molecular weight is 352 g/mol. The Kier molecular flexibility index (Phi) is 4.70. The lowest BCUT2D eigenvalue weighted by Gasteiger charge is -2.32. The van der Waals surface area contributed by atoms with Gasteiger partial charge in [-0.15, -0.1) is 0 Å². The normalized spacial score (nSPS) is 23.1. The molecule has 3 heterocycles. The first-order chi connectivity index (χ1) is 11.5. The van der Waals surface area contributed by atoms with Crippen LogP contribution in [0.4, 0.5) is 5.69 Å². The molecule has 130 valence electrons. The average Bonchev–Trinajstić information content (AvgIpc) is 2.93. The molecular formula is C15H20N4O4S. The Morgan fingerprint density at radius 1 is 1.25 bits per heavy atom. The molecule has 2 saturated heterocycles. The minimum Gasteiger partial charge on any atom is -0.380 e. The number of hydrogen-bond acceptors (Lipinski definition) is 6. The Bertz CT molecular complexity index is 729. The summed E-state index contributed by atoms with van der Waals surface area (Å²) in [5.41, 5.74) is 1.11. The Hall–Kier alpha value is -2.16. The molecule has 0 saturated carbocycles. The molecule has 1 aromatic heterocycles. The number of nitrogens with one attached hydrogen (secondary N) is 1. The van der Waals surface area contributed by atoms with Gasteiger partial charge in [0.2, 0.25) is 6.41 Å². The van der Waals surface area contributed by atoms with E-state index in [2.05, 4.69) is 10.3 Å². The van der Waals surface area contributed by atoms with Gasteiger partial charge in [-0.05, 0) is 12.5 Å². The van der Waals surface area contributed by atoms with Crippen LogP contribution in [0, 0.1) is 0 Å². The summed E-state index contributed by atoms with van der Waals surface area (Å²) in [5, 5.41) is 3.14. The number of nitrogens with zero attached hydrogens (tertiary/aromatic N) is 3. The molecular weight excluding hydrogens is 332 g/mol. The maximum absolute atomic E-state index is 12.5. The predicted molar refractivity (Wildman–Crippen MR) is 88.5 cm³/mol. The van der Waals surface area contributed by atoms with Crippen molar-refractivity contribution in [1.29, 1.82) is 0 Å². The summed E-state index contributed by atoms with van der Waals surface area (Å²) in [7, 11) is -2.96. The van der Waals surface area contributed by atoms with Gasteiger partial charge in [-0.25, -0.2) is 8.42 Å². The third kappa shape index (κ3) is 3.84.